The quantitative estimate of drug-likeness (QED) is 0.825. The van der Waals surface area contributed by atoms with Crippen LogP contribution in [0.15, 0.2) is 30.9 Å². The molecule has 0 unspecified atom stereocenters. The average molecular weight is 258 g/mol. The second kappa shape index (κ2) is 5.69. The number of carbonyl (C=O) groups is 2. The number of allylic oxidation sites excluding steroid dienone is 1. The van der Waals surface area contributed by atoms with E-state index in [4.69, 9.17) is 0 Å². The highest BCUT2D eigenvalue weighted by molar-refractivity contribution is 6.02. The van der Waals surface area contributed by atoms with Crippen molar-refractivity contribution in [1.29, 1.82) is 0 Å². The van der Waals surface area contributed by atoms with Crippen LogP contribution in [-0.4, -0.2) is 18.4 Å². The molecule has 1 aromatic rings. The van der Waals surface area contributed by atoms with E-state index in [-0.39, 0.29) is 11.8 Å². The topological polar surface area (TPSA) is 49.4 Å². The monoisotopic (exact) mass is 258 g/mol. The summed E-state index contributed by atoms with van der Waals surface area (Å²) < 4.78 is 0. The fourth-order valence-electron chi connectivity index (χ4n) is 2.26. The molecule has 1 aromatic carbocycles. The molecular weight excluding hydrogens is 240 g/mol. The van der Waals surface area contributed by atoms with Gasteiger partial charge in [0.15, 0.2) is 0 Å². The van der Waals surface area contributed by atoms with Gasteiger partial charge in [-0.15, -0.1) is 6.58 Å². The molecule has 0 spiro atoms. The van der Waals surface area contributed by atoms with Gasteiger partial charge in [0.25, 0.3) is 0 Å². The lowest BCUT2D eigenvalue weighted by Gasteiger charge is -2.14. The normalized spacial score (nSPS) is 13.3. The molecule has 0 bridgehead atoms. The average Bonchev–Trinajstić information content (AvgIpc) is 2.70. The van der Waals surface area contributed by atoms with Crippen LogP contribution >= 0.6 is 0 Å². The number of nitrogens with zero attached hydrogens (tertiary/aromatic N) is 1. The molecule has 19 heavy (non-hydrogen) atoms. The van der Waals surface area contributed by atoms with E-state index in [1.54, 1.807) is 11.0 Å². The van der Waals surface area contributed by atoms with Crippen molar-refractivity contribution in [3.8, 4) is 0 Å². The Kier molecular flexibility index (Phi) is 4.00. The summed E-state index contributed by atoms with van der Waals surface area (Å²) in [4.78, 5) is 25.1. The van der Waals surface area contributed by atoms with Gasteiger partial charge in [-0.25, -0.2) is 0 Å². The first-order chi connectivity index (χ1) is 9.15. The summed E-state index contributed by atoms with van der Waals surface area (Å²) in [6, 6.07) is 5.62. The number of hydrogen-bond acceptors (Lipinski definition) is 2. The van der Waals surface area contributed by atoms with Gasteiger partial charge in [-0.05, 0) is 37.1 Å². The Morgan fingerprint density at radius 2 is 2.32 bits per heavy atom. The van der Waals surface area contributed by atoms with Crippen molar-refractivity contribution in [1.82, 2.24) is 0 Å². The summed E-state index contributed by atoms with van der Waals surface area (Å²) in [7, 11) is 0. The Hall–Kier alpha value is -2.10. The van der Waals surface area contributed by atoms with E-state index in [1.807, 2.05) is 25.1 Å². The van der Waals surface area contributed by atoms with Crippen molar-refractivity contribution >= 4 is 23.2 Å². The zero-order valence-corrected chi connectivity index (χ0v) is 11.1. The summed E-state index contributed by atoms with van der Waals surface area (Å²) >= 11 is 0. The number of benzene rings is 1. The number of likely N-dealkylation sites (N-methyl/N-ethyl adjacent to an activating group) is 1. The molecule has 0 fully saturated rings. The molecule has 1 N–H and O–H groups in total. The number of fused-ring (bicyclic) bond motifs is 1. The predicted molar refractivity (Wildman–Crippen MR) is 76.2 cm³/mol. The van der Waals surface area contributed by atoms with Crippen LogP contribution < -0.4 is 10.2 Å². The second-order valence-corrected chi connectivity index (χ2v) is 4.53. The van der Waals surface area contributed by atoms with Gasteiger partial charge < -0.3 is 10.2 Å². The van der Waals surface area contributed by atoms with Crippen LogP contribution in [0.1, 0.15) is 25.3 Å². The van der Waals surface area contributed by atoms with Crippen molar-refractivity contribution in [3.05, 3.63) is 36.4 Å². The molecular formula is C15H18N2O2. The Bertz CT molecular complexity index is 523. The van der Waals surface area contributed by atoms with Crippen LogP contribution in [0.5, 0.6) is 0 Å². The largest absolute Gasteiger partial charge is 0.326 e. The summed E-state index contributed by atoms with van der Waals surface area (Å²) in [6.45, 7) is 6.22. The molecule has 0 atom stereocenters. The van der Waals surface area contributed by atoms with Gasteiger partial charge in [-0.2, -0.15) is 0 Å². The van der Waals surface area contributed by atoms with Crippen LogP contribution in [0.25, 0.3) is 0 Å². The van der Waals surface area contributed by atoms with Crippen molar-refractivity contribution in [2.24, 2.45) is 0 Å². The van der Waals surface area contributed by atoms with Crippen molar-refractivity contribution in [3.63, 3.8) is 0 Å². The van der Waals surface area contributed by atoms with E-state index >= 15 is 0 Å². The van der Waals surface area contributed by atoms with E-state index < -0.39 is 0 Å². The lowest BCUT2D eigenvalue weighted by atomic mass is 10.1. The van der Waals surface area contributed by atoms with Gasteiger partial charge in [0.05, 0.1) is 6.42 Å². The van der Waals surface area contributed by atoms with Crippen LogP contribution in [0.2, 0.25) is 0 Å². The van der Waals surface area contributed by atoms with Gasteiger partial charge in [0.2, 0.25) is 11.8 Å². The number of carbonyl (C=O) groups excluding carboxylic acids is 2. The summed E-state index contributed by atoms with van der Waals surface area (Å²) in [5.74, 6) is 0.0872. The number of hydrogen-bond donors (Lipinski definition) is 1. The Morgan fingerprint density at radius 1 is 1.53 bits per heavy atom. The lowest BCUT2D eigenvalue weighted by Crippen LogP contribution is -2.25. The minimum atomic E-state index is -0.0310. The zero-order valence-electron chi connectivity index (χ0n) is 11.1. The zero-order chi connectivity index (χ0) is 13.8. The molecule has 1 heterocycles. The van der Waals surface area contributed by atoms with Crippen molar-refractivity contribution in [2.45, 2.75) is 26.2 Å². The standard InChI is InChI=1S/C15H18N2O2/c1-3-5-6-14(18)16-12-7-8-13-11(9-12)10-15(19)17(13)4-2/h3,7-9H,1,4-6,10H2,2H3,(H,16,18). The second-order valence-electron chi connectivity index (χ2n) is 4.53. The summed E-state index contributed by atoms with van der Waals surface area (Å²) in [5.41, 5.74) is 2.68. The first-order valence-corrected chi connectivity index (χ1v) is 6.49. The first-order valence-electron chi connectivity index (χ1n) is 6.49. The van der Waals surface area contributed by atoms with Gasteiger partial charge in [0.1, 0.15) is 0 Å². The fourth-order valence-corrected chi connectivity index (χ4v) is 2.26. The summed E-state index contributed by atoms with van der Waals surface area (Å²) in [5, 5.41) is 2.84. The number of nitrogens with one attached hydrogen (secondary N) is 1. The molecule has 0 saturated carbocycles. The van der Waals surface area contributed by atoms with Gasteiger partial charge >= 0.3 is 0 Å². The molecule has 2 rings (SSSR count). The minimum absolute atomic E-state index is 0.0310. The molecule has 1 aliphatic rings. The maximum absolute atomic E-state index is 11.8. The molecule has 1 aliphatic heterocycles. The molecule has 100 valence electrons. The Morgan fingerprint density at radius 3 is 3.00 bits per heavy atom. The van der Waals surface area contributed by atoms with Gasteiger partial charge in [-0.3, -0.25) is 9.59 Å². The van der Waals surface area contributed by atoms with E-state index in [9.17, 15) is 9.59 Å². The smallest absolute Gasteiger partial charge is 0.231 e. The molecule has 4 heteroatoms. The Balaban J connectivity index is 2.10. The van der Waals surface area contributed by atoms with Crippen LogP contribution in [0.4, 0.5) is 11.4 Å². The lowest BCUT2D eigenvalue weighted by molar-refractivity contribution is -0.117. The maximum atomic E-state index is 11.8. The van der Waals surface area contributed by atoms with E-state index in [0.717, 1.165) is 16.9 Å². The SMILES string of the molecule is C=CCCC(=O)Nc1ccc2c(c1)CC(=O)N2CC. The molecule has 4 nitrogen and oxygen atoms in total. The van der Waals surface area contributed by atoms with E-state index in [2.05, 4.69) is 11.9 Å². The van der Waals surface area contributed by atoms with Gasteiger partial charge in [-0.1, -0.05) is 6.08 Å². The summed E-state index contributed by atoms with van der Waals surface area (Å²) in [6.07, 6.45) is 3.24. The van der Waals surface area contributed by atoms with Crippen LogP contribution in [0.3, 0.4) is 0 Å². The number of rotatable bonds is 5. The third-order valence-corrected chi connectivity index (χ3v) is 3.19. The third-order valence-electron chi connectivity index (χ3n) is 3.19. The van der Waals surface area contributed by atoms with Crippen molar-refractivity contribution < 1.29 is 9.59 Å². The van der Waals surface area contributed by atoms with E-state index in [1.165, 1.54) is 0 Å². The molecule has 0 radical (unpaired) electrons. The fraction of sp³-hybridized carbons (Fsp3) is 0.333. The highest BCUT2D eigenvalue weighted by Gasteiger charge is 2.25. The Labute approximate surface area is 113 Å². The predicted octanol–water partition coefficient (Wildman–Crippen LogP) is 2.50. The number of anilines is 2. The first kappa shape index (κ1) is 13.3. The molecule has 0 saturated heterocycles. The molecule has 0 aliphatic carbocycles. The minimum Gasteiger partial charge on any atom is -0.326 e. The van der Waals surface area contributed by atoms with Crippen LogP contribution in [0, 0.1) is 0 Å². The highest BCUT2D eigenvalue weighted by atomic mass is 16.2. The number of amides is 2. The molecule has 2 amide bonds. The van der Waals surface area contributed by atoms with Crippen LogP contribution in [-0.2, 0) is 16.0 Å². The highest BCUT2D eigenvalue weighted by Crippen LogP contribution is 2.30. The van der Waals surface area contributed by atoms with E-state index in [0.29, 0.717) is 25.8 Å². The maximum Gasteiger partial charge on any atom is 0.231 e. The molecule has 0 aromatic heterocycles. The van der Waals surface area contributed by atoms with Gasteiger partial charge in [0, 0.05) is 24.3 Å². The third kappa shape index (κ3) is 2.84. The van der Waals surface area contributed by atoms with Crippen molar-refractivity contribution in [2.75, 3.05) is 16.8 Å².